The highest BCUT2D eigenvalue weighted by molar-refractivity contribution is 5.94. The van der Waals surface area contributed by atoms with Gasteiger partial charge < -0.3 is 14.4 Å². The van der Waals surface area contributed by atoms with Crippen LogP contribution in [0, 0.1) is 6.92 Å². The van der Waals surface area contributed by atoms with Crippen molar-refractivity contribution in [3.63, 3.8) is 0 Å². The molecular formula is C14H21NO3. The lowest BCUT2D eigenvalue weighted by Gasteiger charge is -2.21. The molecule has 0 aliphatic heterocycles. The number of hydrogen-bond acceptors (Lipinski definition) is 3. The van der Waals surface area contributed by atoms with E-state index in [9.17, 15) is 4.79 Å². The SMILES string of the molecule is CCN(C(=O)COCCOC)c1ccc(C)cc1. The number of amides is 1. The second-order valence-corrected chi connectivity index (χ2v) is 4.02. The molecule has 18 heavy (non-hydrogen) atoms. The molecule has 0 spiro atoms. The topological polar surface area (TPSA) is 38.8 Å². The lowest BCUT2D eigenvalue weighted by molar-refractivity contribution is -0.123. The van der Waals surface area contributed by atoms with Crippen LogP contribution in [0.25, 0.3) is 0 Å². The molecule has 4 heteroatoms. The average molecular weight is 251 g/mol. The summed E-state index contributed by atoms with van der Waals surface area (Å²) in [6.07, 6.45) is 0. The van der Waals surface area contributed by atoms with Crippen LogP contribution in [0.1, 0.15) is 12.5 Å². The van der Waals surface area contributed by atoms with E-state index in [2.05, 4.69) is 0 Å². The Morgan fingerprint density at radius 2 is 1.89 bits per heavy atom. The molecule has 1 aromatic rings. The zero-order chi connectivity index (χ0) is 13.4. The van der Waals surface area contributed by atoms with Gasteiger partial charge in [-0.15, -0.1) is 0 Å². The van der Waals surface area contributed by atoms with Gasteiger partial charge in [-0.1, -0.05) is 17.7 Å². The molecule has 0 aliphatic rings. The Bertz CT molecular complexity index is 362. The number of benzene rings is 1. The van der Waals surface area contributed by atoms with Gasteiger partial charge in [0.05, 0.1) is 13.2 Å². The van der Waals surface area contributed by atoms with Crippen molar-refractivity contribution in [3.8, 4) is 0 Å². The molecule has 0 fully saturated rings. The van der Waals surface area contributed by atoms with Crippen LogP contribution < -0.4 is 4.90 Å². The van der Waals surface area contributed by atoms with Crippen molar-refractivity contribution < 1.29 is 14.3 Å². The number of aryl methyl sites for hydroxylation is 1. The quantitative estimate of drug-likeness (QED) is 0.696. The zero-order valence-electron chi connectivity index (χ0n) is 11.3. The van der Waals surface area contributed by atoms with E-state index in [1.807, 2.05) is 38.1 Å². The molecule has 0 radical (unpaired) electrons. The fourth-order valence-electron chi connectivity index (χ4n) is 1.61. The number of nitrogens with zero attached hydrogens (tertiary/aromatic N) is 1. The monoisotopic (exact) mass is 251 g/mol. The largest absolute Gasteiger partial charge is 0.382 e. The molecule has 0 bridgehead atoms. The van der Waals surface area contributed by atoms with Crippen molar-refractivity contribution in [3.05, 3.63) is 29.8 Å². The minimum Gasteiger partial charge on any atom is -0.382 e. The molecule has 0 heterocycles. The van der Waals surface area contributed by atoms with Crippen LogP contribution in [-0.2, 0) is 14.3 Å². The molecule has 4 nitrogen and oxygen atoms in total. The van der Waals surface area contributed by atoms with E-state index in [1.165, 1.54) is 5.56 Å². The number of anilines is 1. The van der Waals surface area contributed by atoms with Crippen molar-refractivity contribution >= 4 is 11.6 Å². The van der Waals surface area contributed by atoms with E-state index in [0.717, 1.165) is 5.69 Å². The summed E-state index contributed by atoms with van der Waals surface area (Å²) < 4.78 is 10.1. The van der Waals surface area contributed by atoms with E-state index in [1.54, 1.807) is 12.0 Å². The third-order valence-electron chi connectivity index (χ3n) is 2.62. The van der Waals surface area contributed by atoms with E-state index >= 15 is 0 Å². The number of ether oxygens (including phenoxy) is 2. The lowest BCUT2D eigenvalue weighted by Crippen LogP contribution is -2.34. The lowest BCUT2D eigenvalue weighted by atomic mass is 10.2. The number of hydrogen-bond donors (Lipinski definition) is 0. The molecule has 0 saturated heterocycles. The highest BCUT2D eigenvalue weighted by Crippen LogP contribution is 2.15. The number of carbonyl (C=O) groups excluding carboxylic acids is 1. The molecule has 1 rings (SSSR count). The summed E-state index contributed by atoms with van der Waals surface area (Å²) in [5.74, 6) is -0.0301. The first-order valence-corrected chi connectivity index (χ1v) is 6.12. The van der Waals surface area contributed by atoms with E-state index < -0.39 is 0 Å². The van der Waals surface area contributed by atoms with Gasteiger partial charge >= 0.3 is 0 Å². The highest BCUT2D eigenvalue weighted by atomic mass is 16.5. The molecular weight excluding hydrogens is 230 g/mol. The Balaban J connectivity index is 2.54. The minimum atomic E-state index is -0.0301. The maximum Gasteiger partial charge on any atom is 0.252 e. The van der Waals surface area contributed by atoms with Gasteiger partial charge in [-0.3, -0.25) is 4.79 Å². The summed E-state index contributed by atoms with van der Waals surface area (Å²) in [5.41, 5.74) is 2.09. The molecule has 0 saturated carbocycles. The standard InChI is InChI=1S/C14H21NO3/c1-4-15(13-7-5-12(2)6-8-13)14(16)11-18-10-9-17-3/h5-8H,4,9-11H2,1-3H3. The zero-order valence-corrected chi connectivity index (χ0v) is 11.3. The predicted octanol–water partition coefficient (Wildman–Crippen LogP) is 2.01. The molecule has 0 aromatic heterocycles. The Kier molecular flexibility index (Phi) is 6.39. The highest BCUT2D eigenvalue weighted by Gasteiger charge is 2.13. The van der Waals surface area contributed by atoms with E-state index in [4.69, 9.17) is 9.47 Å². The Morgan fingerprint density at radius 1 is 1.22 bits per heavy atom. The normalized spacial score (nSPS) is 10.4. The first-order valence-electron chi connectivity index (χ1n) is 6.12. The molecule has 0 aliphatic carbocycles. The Morgan fingerprint density at radius 3 is 2.44 bits per heavy atom. The van der Waals surface area contributed by atoms with Gasteiger partial charge in [0.1, 0.15) is 6.61 Å². The fraction of sp³-hybridized carbons (Fsp3) is 0.500. The average Bonchev–Trinajstić information content (AvgIpc) is 2.38. The predicted molar refractivity (Wildman–Crippen MR) is 71.9 cm³/mol. The van der Waals surface area contributed by atoms with Crippen molar-refractivity contribution in [1.82, 2.24) is 0 Å². The molecule has 0 N–H and O–H groups in total. The summed E-state index contributed by atoms with van der Waals surface area (Å²) in [7, 11) is 1.61. The second-order valence-electron chi connectivity index (χ2n) is 4.02. The van der Waals surface area contributed by atoms with Gasteiger partial charge in [-0.25, -0.2) is 0 Å². The van der Waals surface area contributed by atoms with Gasteiger partial charge in [0.15, 0.2) is 0 Å². The van der Waals surface area contributed by atoms with Crippen LogP contribution in [0.15, 0.2) is 24.3 Å². The van der Waals surface area contributed by atoms with Crippen LogP contribution >= 0.6 is 0 Å². The number of likely N-dealkylation sites (N-methyl/N-ethyl adjacent to an activating group) is 1. The van der Waals surface area contributed by atoms with Crippen LogP contribution in [0.5, 0.6) is 0 Å². The molecule has 1 aromatic carbocycles. The first kappa shape index (κ1) is 14.7. The molecule has 0 unspecified atom stereocenters. The van der Waals surface area contributed by atoms with Gasteiger partial charge in [-0.2, -0.15) is 0 Å². The van der Waals surface area contributed by atoms with Crippen LogP contribution in [0.2, 0.25) is 0 Å². The maximum atomic E-state index is 12.0. The Labute approximate surface area is 108 Å². The van der Waals surface area contributed by atoms with Gasteiger partial charge in [0, 0.05) is 19.3 Å². The fourth-order valence-corrected chi connectivity index (χ4v) is 1.61. The summed E-state index contributed by atoms with van der Waals surface area (Å²) in [4.78, 5) is 13.7. The third kappa shape index (κ3) is 4.47. The maximum absolute atomic E-state index is 12.0. The van der Waals surface area contributed by atoms with Crippen molar-refractivity contribution in [2.24, 2.45) is 0 Å². The second kappa shape index (κ2) is 7.84. The number of rotatable bonds is 7. The smallest absolute Gasteiger partial charge is 0.252 e. The van der Waals surface area contributed by atoms with E-state index in [-0.39, 0.29) is 12.5 Å². The number of methoxy groups -OCH3 is 1. The minimum absolute atomic E-state index is 0.0301. The van der Waals surface area contributed by atoms with Gasteiger partial charge in [0.2, 0.25) is 0 Å². The third-order valence-corrected chi connectivity index (χ3v) is 2.62. The number of carbonyl (C=O) groups is 1. The van der Waals surface area contributed by atoms with Crippen LogP contribution in [0.4, 0.5) is 5.69 Å². The van der Waals surface area contributed by atoms with Crippen molar-refractivity contribution in [1.29, 1.82) is 0 Å². The van der Waals surface area contributed by atoms with Crippen molar-refractivity contribution in [2.45, 2.75) is 13.8 Å². The van der Waals surface area contributed by atoms with Gasteiger partial charge in [0.25, 0.3) is 5.91 Å². The van der Waals surface area contributed by atoms with Crippen LogP contribution in [0.3, 0.4) is 0 Å². The Hall–Kier alpha value is -1.39. The molecule has 0 atom stereocenters. The van der Waals surface area contributed by atoms with Crippen LogP contribution in [-0.4, -0.2) is 39.4 Å². The van der Waals surface area contributed by atoms with E-state index in [0.29, 0.717) is 19.8 Å². The summed E-state index contributed by atoms with van der Waals surface area (Å²) >= 11 is 0. The molecule has 100 valence electrons. The molecule has 1 amide bonds. The summed E-state index contributed by atoms with van der Waals surface area (Å²) in [5, 5.41) is 0. The first-order chi connectivity index (χ1) is 8.69. The summed E-state index contributed by atoms with van der Waals surface area (Å²) in [6, 6.07) is 7.89. The van der Waals surface area contributed by atoms with Crippen molar-refractivity contribution in [2.75, 3.05) is 38.4 Å². The summed E-state index contributed by atoms with van der Waals surface area (Å²) in [6.45, 7) is 5.64. The van der Waals surface area contributed by atoms with Gasteiger partial charge in [-0.05, 0) is 26.0 Å².